The minimum atomic E-state index is -0.420. The molecule has 4 rings (SSSR count). The second-order valence-corrected chi connectivity index (χ2v) is 6.83. The van der Waals surface area contributed by atoms with Crippen molar-refractivity contribution in [3.8, 4) is 0 Å². The molecule has 1 fully saturated rings. The molecule has 1 saturated heterocycles. The molecule has 2 amide bonds. The maximum Gasteiger partial charge on any atom is 0.246 e. The SMILES string of the molecule is CC(=O)N1c2ccccc2C[C@H]1C(=O)N1CCCC(n2ccnc2)C1. The Bertz CT molecular complexity index is 786. The topological polar surface area (TPSA) is 58.4 Å². The highest BCUT2D eigenvalue weighted by molar-refractivity contribution is 6.02. The lowest BCUT2D eigenvalue weighted by atomic mass is 10.0. The predicted molar refractivity (Wildman–Crippen MR) is 94.2 cm³/mol. The number of para-hydroxylation sites is 1. The number of benzene rings is 1. The van der Waals surface area contributed by atoms with Gasteiger partial charge in [-0.15, -0.1) is 0 Å². The fraction of sp³-hybridized carbons (Fsp3) is 0.421. The number of anilines is 1. The Labute approximate surface area is 147 Å². The maximum absolute atomic E-state index is 13.2. The summed E-state index contributed by atoms with van der Waals surface area (Å²) in [6, 6.07) is 7.64. The summed E-state index contributed by atoms with van der Waals surface area (Å²) in [5, 5.41) is 0. The number of piperidine rings is 1. The average Bonchev–Trinajstić information content (AvgIpc) is 3.28. The number of carbonyl (C=O) groups excluding carboxylic acids is 2. The molecule has 25 heavy (non-hydrogen) atoms. The maximum atomic E-state index is 13.2. The molecule has 3 heterocycles. The first kappa shape index (κ1) is 15.9. The molecule has 0 N–H and O–H groups in total. The van der Waals surface area contributed by atoms with Gasteiger partial charge in [0.2, 0.25) is 11.8 Å². The quantitative estimate of drug-likeness (QED) is 0.842. The number of aromatic nitrogens is 2. The molecule has 6 heteroatoms. The molecule has 6 nitrogen and oxygen atoms in total. The highest BCUT2D eigenvalue weighted by Gasteiger charge is 2.39. The zero-order valence-electron chi connectivity index (χ0n) is 14.3. The molecular weight excluding hydrogens is 316 g/mol. The van der Waals surface area contributed by atoms with E-state index in [0.29, 0.717) is 13.0 Å². The van der Waals surface area contributed by atoms with E-state index < -0.39 is 6.04 Å². The van der Waals surface area contributed by atoms with Crippen molar-refractivity contribution in [3.05, 3.63) is 48.5 Å². The van der Waals surface area contributed by atoms with Crippen LogP contribution in [0.1, 0.15) is 31.4 Å². The predicted octanol–water partition coefficient (Wildman–Crippen LogP) is 2.02. The number of fused-ring (bicyclic) bond motifs is 1. The summed E-state index contributed by atoms with van der Waals surface area (Å²) >= 11 is 0. The molecule has 1 unspecified atom stereocenters. The number of hydrogen-bond donors (Lipinski definition) is 0. The van der Waals surface area contributed by atoms with Gasteiger partial charge in [-0.05, 0) is 24.5 Å². The van der Waals surface area contributed by atoms with Crippen molar-refractivity contribution < 1.29 is 9.59 Å². The Balaban J connectivity index is 1.55. The fourth-order valence-electron chi connectivity index (χ4n) is 4.07. The number of rotatable bonds is 2. The van der Waals surface area contributed by atoms with Crippen molar-refractivity contribution in [2.45, 2.75) is 38.3 Å². The van der Waals surface area contributed by atoms with Crippen LogP contribution in [-0.4, -0.2) is 45.4 Å². The molecule has 0 spiro atoms. The lowest BCUT2D eigenvalue weighted by Gasteiger charge is -2.36. The number of amides is 2. The lowest BCUT2D eigenvalue weighted by Crippen LogP contribution is -2.51. The van der Waals surface area contributed by atoms with Gasteiger partial charge >= 0.3 is 0 Å². The Kier molecular flexibility index (Phi) is 4.03. The number of likely N-dealkylation sites (tertiary alicyclic amines) is 1. The van der Waals surface area contributed by atoms with Crippen molar-refractivity contribution in [2.75, 3.05) is 18.0 Å². The molecule has 1 aromatic heterocycles. The van der Waals surface area contributed by atoms with E-state index in [1.807, 2.05) is 41.7 Å². The van der Waals surface area contributed by atoms with Crippen molar-refractivity contribution in [3.63, 3.8) is 0 Å². The van der Waals surface area contributed by atoms with Gasteiger partial charge in [0.25, 0.3) is 0 Å². The van der Waals surface area contributed by atoms with Crippen LogP contribution in [-0.2, 0) is 16.0 Å². The standard InChI is InChI=1S/C19H22N4O2/c1-14(24)23-17-7-3-2-5-15(17)11-18(23)19(25)21-9-4-6-16(12-21)22-10-8-20-13-22/h2-3,5,7-8,10,13,16,18H,4,6,9,11-12H2,1H3/t16?,18-/m0/s1. The highest BCUT2D eigenvalue weighted by Crippen LogP contribution is 2.33. The Morgan fingerprint density at radius 2 is 2.08 bits per heavy atom. The van der Waals surface area contributed by atoms with Crippen LogP contribution in [0.3, 0.4) is 0 Å². The monoisotopic (exact) mass is 338 g/mol. The van der Waals surface area contributed by atoms with Gasteiger partial charge in [-0.1, -0.05) is 18.2 Å². The van der Waals surface area contributed by atoms with Crippen LogP contribution in [0.15, 0.2) is 43.0 Å². The summed E-state index contributed by atoms with van der Waals surface area (Å²) in [5.74, 6) is -0.0253. The molecule has 1 aromatic carbocycles. The van der Waals surface area contributed by atoms with Crippen LogP contribution in [0.5, 0.6) is 0 Å². The normalized spacial score (nSPS) is 22.8. The summed E-state index contributed by atoms with van der Waals surface area (Å²) in [7, 11) is 0. The largest absolute Gasteiger partial charge is 0.339 e. The van der Waals surface area contributed by atoms with Gasteiger partial charge in [0.15, 0.2) is 0 Å². The molecule has 0 aliphatic carbocycles. The second kappa shape index (κ2) is 6.35. The van der Waals surface area contributed by atoms with E-state index in [2.05, 4.69) is 9.55 Å². The highest BCUT2D eigenvalue weighted by atomic mass is 16.2. The van der Waals surface area contributed by atoms with Gasteiger partial charge < -0.3 is 9.47 Å². The van der Waals surface area contributed by atoms with Gasteiger partial charge in [-0.25, -0.2) is 4.98 Å². The van der Waals surface area contributed by atoms with Gasteiger partial charge in [-0.2, -0.15) is 0 Å². The summed E-state index contributed by atoms with van der Waals surface area (Å²) in [4.78, 5) is 33.1. The van der Waals surface area contributed by atoms with Gasteiger partial charge in [0, 0.05) is 44.5 Å². The minimum Gasteiger partial charge on any atom is -0.339 e. The van der Waals surface area contributed by atoms with Crippen LogP contribution in [0.2, 0.25) is 0 Å². The van der Waals surface area contributed by atoms with Crippen LogP contribution in [0, 0.1) is 0 Å². The van der Waals surface area contributed by atoms with E-state index in [-0.39, 0.29) is 17.9 Å². The molecule has 0 saturated carbocycles. The van der Waals surface area contributed by atoms with Crippen molar-refractivity contribution in [1.29, 1.82) is 0 Å². The van der Waals surface area contributed by atoms with Gasteiger partial charge in [0.1, 0.15) is 6.04 Å². The van der Waals surface area contributed by atoms with Crippen molar-refractivity contribution in [2.24, 2.45) is 0 Å². The molecule has 0 radical (unpaired) electrons. The zero-order valence-corrected chi connectivity index (χ0v) is 14.3. The number of imidazole rings is 1. The van der Waals surface area contributed by atoms with E-state index in [4.69, 9.17) is 0 Å². The third-order valence-electron chi connectivity index (χ3n) is 5.26. The summed E-state index contributed by atoms with van der Waals surface area (Å²) in [5.41, 5.74) is 1.94. The van der Waals surface area contributed by atoms with Gasteiger partial charge in [-0.3, -0.25) is 14.5 Å². The molecule has 2 aliphatic heterocycles. The Hall–Kier alpha value is -2.63. The van der Waals surface area contributed by atoms with Crippen LogP contribution < -0.4 is 4.90 Å². The summed E-state index contributed by atoms with van der Waals surface area (Å²) < 4.78 is 2.07. The number of hydrogen-bond acceptors (Lipinski definition) is 3. The third kappa shape index (κ3) is 2.81. The first-order chi connectivity index (χ1) is 12.1. The first-order valence-electron chi connectivity index (χ1n) is 8.79. The number of carbonyl (C=O) groups is 2. The van der Waals surface area contributed by atoms with E-state index in [1.165, 1.54) is 6.92 Å². The van der Waals surface area contributed by atoms with Crippen molar-refractivity contribution >= 4 is 17.5 Å². The summed E-state index contributed by atoms with van der Waals surface area (Å²) in [6.07, 6.45) is 8.14. The molecule has 130 valence electrons. The van der Waals surface area contributed by atoms with Crippen LogP contribution in [0.25, 0.3) is 0 Å². The third-order valence-corrected chi connectivity index (χ3v) is 5.26. The summed E-state index contributed by atoms with van der Waals surface area (Å²) in [6.45, 7) is 2.96. The van der Waals surface area contributed by atoms with E-state index in [1.54, 1.807) is 11.1 Å². The van der Waals surface area contributed by atoms with Crippen LogP contribution in [0.4, 0.5) is 5.69 Å². The fourth-order valence-corrected chi connectivity index (χ4v) is 4.07. The molecule has 2 aromatic rings. The molecular formula is C19H22N4O2. The average molecular weight is 338 g/mol. The van der Waals surface area contributed by atoms with E-state index in [9.17, 15) is 9.59 Å². The number of nitrogens with zero attached hydrogens (tertiary/aromatic N) is 4. The smallest absolute Gasteiger partial charge is 0.246 e. The van der Waals surface area contributed by atoms with Crippen molar-refractivity contribution in [1.82, 2.24) is 14.5 Å². The molecule has 2 aliphatic rings. The second-order valence-electron chi connectivity index (χ2n) is 6.83. The lowest BCUT2D eigenvalue weighted by molar-refractivity contribution is -0.135. The Morgan fingerprint density at radius 1 is 1.24 bits per heavy atom. The molecule has 2 atom stereocenters. The first-order valence-corrected chi connectivity index (χ1v) is 8.79. The van der Waals surface area contributed by atoms with Gasteiger partial charge in [0.05, 0.1) is 12.4 Å². The molecule has 0 bridgehead atoms. The zero-order chi connectivity index (χ0) is 17.4. The van der Waals surface area contributed by atoms with E-state index in [0.717, 1.165) is 30.6 Å². The minimum absolute atomic E-state index is 0.0521. The Morgan fingerprint density at radius 3 is 2.84 bits per heavy atom. The van der Waals surface area contributed by atoms with E-state index >= 15 is 0 Å². The van der Waals surface area contributed by atoms with Crippen LogP contribution >= 0.6 is 0 Å².